The summed E-state index contributed by atoms with van der Waals surface area (Å²) in [7, 11) is 0. The van der Waals surface area contributed by atoms with Crippen molar-refractivity contribution in [3.63, 3.8) is 0 Å². The van der Waals surface area contributed by atoms with Crippen molar-refractivity contribution in [3.05, 3.63) is 89.2 Å². The predicted molar refractivity (Wildman–Crippen MR) is 125 cm³/mol. The van der Waals surface area contributed by atoms with E-state index in [1.54, 1.807) is 24.3 Å². The summed E-state index contributed by atoms with van der Waals surface area (Å²) in [6.45, 7) is 1.55. The van der Waals surface area contributed by atoms with E-state index in [2.05, 4.69) is 11.9 Å². The number of carboxylic acid groups (broad SMARTS) is 1. The Labute approximate surface area is 206 Å². The molecule has 36 heavy (non-hydrogen) atoms. The van der Waals surface area contributed by atoms with E-state index in [-0.39, 0.29) is 12.3 Å². The van der Waals surface area contributed by atoms with Crippen molar-refractivity contribution in [3.8, 4) is 11.5 Å². The van der Waals surface area contributed by atoms with Crippen molar-refractivity contribution < 1.29 is 37.3 Å². The highest BCUT2D eigenvalue weighted by Crippen LogP contribution is 2.31. The summed E-state index contributed by atoms with van der Waals surface area (Å²) in [5.41, 5.74) is 1.59. The van der Waals surface area contributed by atoms with Crippen LogP contribution in [0.5, 0.6) is 11.5 Å². The first-order valence-corrected chi connectivity index (χ1v) is 11.2. The van der Waals surface area contributed by atoms with Crippen molar-refractivity contribution in [1.82, 2.24) is 9.88 Å². The number of aromatic nitrogens is 1. The first-order chi connectivity index (χ1) is 17.1. The van der Waals surface area contributed by atoms with Crippen LogP contribution in [-0.4, -0.2) is 40.2 Å². The summed E-state index contributed by atoms with van der Waals surface area (Å²) in [5.74, 6) is -1.13. The van der Waals surface area contributed by atoms with Crippen LogP contribution in [0.3, 0.4) is 0 Å². The van der Waals surface area contributed by atoms with Crippen molar-refractivity contribution in [2.45, 2.75) is 32.5 Å². The molecule has 0 aliphatic rings. The molecule has 0 saturated heterocycles. The first kappa shape index (κ1) is 26.5. The fraction of sp³-hybridized carbons (Fsp3) is 0.269. The number of hydrogen-bond acceptors (Lipinski definition) is 5. The number of carbonyl (C=O) groups is 2. The Morgan fingerprint density at radius 3 is 2.42 bits per heavy atom. The lowest BCUT2D eigenvalue weighted by Crippen LogP contribution is -2.37. The summed E-state index contributed by atoms with van der Waals surface area (Å²) in [6, 6.07) is 14.5. The van der Waals surface area contributed by atoms with E-state index in [0.29, 0.717) is 30.4 Å². The van der Waals surface area contributed by atoms with Gasteiger partial charge in [-0.3, -0.25) is 14.7 Å². The van der Waals surface area contributed by atoms with Crippen molar-refractivity contribution in [2.24, 2.45) is 0 Å². The van der Waals surface area contributed by atoms with Gasteiger partial charge in [-0.25, -0.2) is 4.79 Å². The third-order valence-electron chi connectivity index (χ3n) is 5.14. The SMILES string of the molecule is CCc1ccc(CCOc2cccc(CN(CC(=O)O)C(=O)Oc3cccc(C(F)(F)F)c3)c2)nc1. The highest BCUT2D eigenvalue weighted by atomic mass is 19.4. The minimum Gasteiger partial charge on any atom is -0.493 e. The quantitative estimate of drug-likeness (QED) is 0.401. The highest BCUT2D eigenvalue weighted by Gasteiger charge is 2.31. The fourth-order valence-electron chi connectivity index (χ4n) is 3.29. The molecular formula is C26H25F3N2O5. The Morgan fingerprint density at radius 2 is 1.75 bits per heavy atom. The highest BCUT2D eigenvalue weighted by molar-refractivity contribution is 5.78. The van der Waals surface area contributed by atoms with Gasteiger partial charge in [-0.05, 0) is 53.9 Å². The summed E-state index contributed by atoms with van der Waals surface area (Å²) in [5, 5.41) is 9.21. The van der Waals surface area contributed by atoms with E-state index in [4.69, 9.17) is 9.47 Å². The number of halogens is 3. The molecule has 1 aromatic heterocycles. The second-order valence-electron chi connectivity index (χ2n) is 7.90. The van der Waals surface area contributed by atoms with Crippen molar-refractivity contribution >= 4 is 12.1 Å². The van der Waals surface area contributed by atoms with Gasteiger partial charge >= 0.3 is 18.2 Å². The summed E-state index contributed by atoms with van der Waals surface area (Å²) in [4.78, 5) is 29.1. The maximum absolute atomic E-state index is 12.9. The molecule has 0 radical (unpaired) electrons. The molecule has 3 aromatic rings. The van der Waals surface area contributed by atoms with Gasteiger partial charge in [0.25, 0.3) is 0 Å². The number of carboxylic acids is 1. The molecule has 1 amide bonds. The number of carbonyl (C=O) groups excluding carboxylic acids is 1. The Balaban J connectivity index is 1.63. The lowest BCUT2D eigenvalue weighted by Gasteiger charge is -2.21. The summed E-state index contributed by atoms with van der Waals surface area (Å²) in [6.07, 6.45) is -2.39. The molecule has 0 atom stereocenters. The molecule has 0 unspecified atom stereocenters. The van der Waals surface area contributed by atoms with Crippen LogP contribution in [0.1, 0.15) is 29.3 Å². The Hall–Kier alpha value is -4.08. The van der Waals surface area contributed by atoms with Crippen LogP contribution in [0.2, 0.25) is 0 Å². The number of amides is 1. The molecule has 0 aliphatic carbocycles. The predicted octanol–water partition coefficient (Wildman–Crippen LogP) is 5.37. The van der Waals surface area contributed by atoms with E-state index in [1.807, 2.05) is 18.3 Å². The molecule has 10 heteroatoms. The van der Waals surface area contributed by atoms with E-state index < -0.39 is 30.3 Å². The van der Waals surface area contributed by atoms with Gasteiger partial charge < -0.3 is 14.6 Å². The number of aryl methyl sites for hydroxylation is 1. The van der Waals surface area contributed by atoms with Crippen LogP contribution in [0.25, 0.3) is 0 Å². The fourth-order valence-corrected chi connectivity index (χ4v) is 3.29. The number of alkyl halides is 3. The summed E-state index contributed by atoms with van der Waals surface area (Å²) >= 11 is 0. The minimum absolute atomic E-state index is 0.151. The standard InChI is InChI=1S/C26H25F3N2O5/c1-2-18-9-10-21(30-15-18)11-12-35-22-7-3-5-19(13-22)16-31(17-24(32)33)25(34)36-23-8-4-6-20(14-23)26(27,28)29/h3-10,13-15H,2,11-12,16-17H2,1H3,(H,32,33). The van der Waals surface area contributed by atoms with Crippen LogP contribution in [0.4, 0.5) is 18.0 Å². The molecule has 3 rings (SSSR count). The molecule has 0 spiro atoms. The van der Waals surface area contributed by atoms with Gasteiger partial charge in [0, 0.05) is 24.9 Å². The molecule has 0 fully saturated rings. The molecule has 0 aliphatic heterocycles. The molecule has 1 N–H and O–H groups in total. The zero-order chi connectivity index (χ0) is 26.1. The molecule has 190 valence electrons. The van der Waals surface area contributed by atoms with Gasteiger partial charge in [-0.2, -0.15) is 13.2 Å². The number of hydrogen-bond donors (Lipinski definition) is 1. The van der Waals surface area contributed by atoms with Crippen LogP contribution >= 0.6 is 0 Å². The average molecular weight is 502 g/mol. The largest absolute Gasteiger partial charge is 0.493 e. The maximum Gasteiger partial charge on any atom is 0.416 e. The average Bonchev–Trinajstić information content (AvgIpc) is 2.84. The van der Waals surface area contributed by atoms with Crippen LogP contribution in [0.15, 0.2) is 66.9 Å². The van der Waals surface area contributed by atoms with E-state index in [0.717, 1.165) is 34.7 Å². The number of ether oxygens (including phenoxy) is 2. The second-order valence-corrected chi connectivity index (χ2v) is 7.90. The van der Waals surface area contributed by atoms with Gasteiger partial charge in [-0.15, -0.1) is 0 Å². The zero-order valence-corrected chi connectivity index (χ0v) is 19.5. The number of nitrogens with zero attached hydrogens (tertiary/aromatic N) is 2. The first-order valence-electron chi connectivity index (χ1n) is 11.2. The van der Waals surface area contributed by atoms with Crippen LogP contribution < -0.4 is 9.47 Å². The smallest absolute Gasteiger partial charge is 0.416 e. The topological polar surface area (TPSA) is 89.0 Å². The zero-order valence-electron chi connectivity index (χ0n) is 19.5. The monoisotopic (exact) mass is 502 g/mol. The molecule has 2 aromatic carbocycles. The van der Waals surface area contributed by atoms with Gasteiger partial charge in [0.1, 0.15) is 18.0 Å². The maximum atomic E-state index is 12.9. The van der Waals surface area contributed by atoms with Crippen LogP contribution in [0, 0.1) is 0 Å². The number of pyridine rings is 1. The van der Waals surface area contributed by atoms with Gasteiger partial charge in [-0.1, -0.05) is 31.2 Å². The molecule has 0 saturated carbocycles. The number of aliphatic carboxylic acids is 1. The number of rotatable bonds is 10. The second kappa shape index (κ2) is 12.1. The molecule has 7 nitrogen and oxygen atoms in total. The third-order valence-corrected chi connectivity index (χ3v) is 5.14. The van der Waals surface area contributed by atoms with Crippen LogP contribution in [-0.2, 0) is 30.4 Å². The normalized spacial score (nSPS) is 11.1. The molecule has 1 heterocycles. The van der Waals surface area contributed by atoms with E-state index in [9.17, 15) is 27.9 Å². The molecular weight excluding hydrogens is 477 g/mol. The van der Waals surface area contributed by atoms with Gasteiger partial charge in [0.05, 0.1) is 12.2 Å². The van der Waals surface area contributed by atoms with E-state index >= 15 is 0 Å². The lowest BCUT2D eigenvalue weighted by atomic mass is 10.2. The van der Waals surface area contributed by atoms with E-state index in [1.165, 1.54) is 6.07 Å². The third kappa shape index (κ3) is 8.00. The summed E-state index contributed by atoms with van der Waals surface area (Å²) < 4.78 is 49.6. The van der Waals surface area contributed by atoms with Gasteiger partial charge in [0.2, 0.25) is 0 Å². The Kier molecular flexibility index (Phi) is 8.88. The van der Waals surface area contributed by atoms with Crippen molar-refractivity contribution in [2.75, 3.05) is 13.2 Å². The number of benzene rings is 2. The Bertz CT molecular complexity index is 1180. The minimum atomic E-state index is -4.61. The Morgan fingerprint density at radius 1 is 1.00 bits per heavy atom. The van der Waals surface area contributed by atoms with Crippen molar-refractivity contribution in [1.29, 1.82) is 0 Å². The molecule has 0 bridgehead atoms. The lowest BCUT2D eigenvalue weighted by molar-refractivity contribution is -0.138. The van der Waals surface area contributed by atoms with Gasteiger partial charge in [0.15, 0.2) is 0 Å².